The van der Waals surface area contributed by atoms with E-state index < -0.39 is 0 Å². The second-order valence-corrected chi connectivity index (χ2v) is 6.22. The van der Waals surface area contributed by atoms with Crippen LogP contribution in [0.5, 0.6) is 17.2 Å². The molecule has 1 aliphatic heterocycles. The Kier molecular flexibility index (Phi) is 5.66. The molecule has 0 saturated carbocycles. The Bertz CT molecular complexity index is 733. The fourth-order valence-corrected chi connectivity index (χ4v) is 2.89. The first kappa shape index (κ1) is 17.4. The lowest BCUT2D eigenvalue weighted by atomic mass is 9.96. The second kappa shape index (κ2) is 8.12. The zero-order valence-corrected chi connectivity index (χ0v) is 14.7. The summed E-state index contributed by atoms with van der Waals surface area (Å²) in [7, 11) is 1.62. The van der Waals surface area contributed by atoms with Crippen LogP contribution in [0.4, 0.5) is 0 Å². The molecule has 3 rings (SSSR count). The van der Waals surface area contributed by atoms with Gasteiger partial charge in [-0.2, -0.15) is 0 Å². The number of fused-ring (bicyclic) bond motifs is 1. The molecule has 1 N–H and O–H groups in total. The summed E-state index contributed by atoms with van der Waals surface area (Å²) in [6.45, 7) is 1.21. The number of carbonyl (C=O) groups is 1. The van der Waals surface area contributed by atoms with Crippen LogP contribution < -0.4 is 19.5 Å². The summed E-state index contributed by atoms with van der Waals surface area (Å²) < 4.78 is 16.3. The van der Waals surface area contributed by atoms with Crippen LogP contribution in [0.2, 0.25) is 5.02 Å². The molecule has 2 aromatic carbocycles. The van der Waals surface area contributed by atoms with Gasteiger partial charge >= 0.3 is 0 Å². The van der Waals surface area contributed by atoms with Crippen molar-refractivity contribution >= 4 is 17.5 Å². The van der Waals surface area contributed by atoms with E-state index in [1.54, 1.807) is 13.2 Å². The molecule has 0 spiro atoms. The summed E-state index contributed by atoms with van der Waals surface area (Å²) in [5, 5.41) is 3.54. The summed E-state index contributed by atoms with van der Waals surface area (Å²) in [6.07, 6.45) is 0.626. The van der Waals surface area contributed by atoms with Gasteiger partial charge in [0.15, 0.2) is 0 Å². The largest absolute Gasteiger partial charge is 0.497 e. The number of rotatable bonds is 6. The highest BCUT2D eigenvalue weighted by molar-refractivity contribution is 6.30. The van der Waals surface area contributed by atoms with E-state index in [4.69, 9.17) is 25.8 Å². The standard InChI is InChI=1S/C19H20ClNO4/c1-23-16-3-5-17(6-4-16)24-9-8-21-19(22)14-10-13-11-15(20)2-7-18(13)25-12-14/h2-7,11,14H,8-10,12H2,1H3,(H,21,22)/t14-/m0/s1. The Labute approximate surface area is 151 Å². The van der Waals surface area contributed by atoms with Gasteiger partial charge in [-0.25, -0.2) is 0 Å². The molecule has 1 aliphatic rings. The number of amides is 1. The van der Waals surface area contributed by atoms with Crippen LogP contribution in [0.3, 0.4) is 0 Å². The highest BCUT2D eigenvalue weighted by Gasteiger charge is 2.25. The number of benzene rings is 2. The van der Waals surface area contributed by atoms with Gasteiger partial charge in [-0.1, -0.05) is 11.6 Å². The van der Waals surface area contributed by atoms with Crippen LogP contribution in [-0.4, -0.2) is 32.8 Å². The van der Waals surface area contributed by atoms with Gasteiger partial charge in [0, 0.05) is 5.02 Å². The summed E-state index contributed by atoms with van der Waals surface area (Å²) in [5.41, 5.74) is 0.966. The molecule has 0 aliphatic carbocycles. The molecule has 0 bridgehead atoms. The van der Waals surface area contributed by atoms with Crippen molar-refractivity contribution in [1.82, 2.24) is 5.32 Å². The number of hydrogen-bond donors (Lipinski definition) is 1. The molecular weight excluding hydrogens is 342 g/mol. The number of methoxy groups -OCH3 is 1. The summed E-state index contributed by atoms with van der Waals surface area (Å²) in [5.74, 6) is 2.06. The maximum absolute atomic E-state index is 12.3. The number of hydrogen-bond acceptors (Lipinski definition) is 4. The molecule has 0 radical (unpaired) electrons. The maximum atomic E-state index is 12.3. The smallest absolute Gasteiger partial charge is 0.227 e. The van der Waals surface area contributed by atoms with Crippen LogP contribution in [0.15, 0.2) is 42.5 Å². The minimum Gasteiger partial charge on any atom is -0.497 e. The number of halogens is 1. The van der Waals surface area contributed by atoms with E-state index in [-0.39, 0.29) is 11.8 Å². The molecule has 6 heteroatoms. The molecule has 0 aromatic heterocycles. The molecule has 0 unspecified atom stereocenters. The Morgan fingerprint density at radius 2 is 2.00 bits per heavy atom. The average Bonchev–Trinajstić information content (AvgIpc) is 2.65. The summed E-state index contributed by atoms with van der Waals surface area (Å²) in [6, 6.07) is 12.8. The molecule has 0 fully saturated rings. The minimum absolute atomic E-state index is 0.0380. The SMILES string of the molecule is COc1ccc(OCCNC(=O)[C@@H]2COc3ccc(Cl)cc3C2)cc1. The van der Waals surface area contributed by atoms with E-state index in [0.717, 1.165) is 22.8 Å². The topological polar surface area (TPSA) is 56.8 Å². The Balaban J connectivity index is 1.43. The third kappa shape index (κ3) is 4.57. The van der Waals surface area contributed by atoms with E-state index >= 15 is 0 Å². The van der Waals surface area contributed by atoms with Gasteiger partial charge < -0.3 is 19.5 Å². The van der Waals surface area contributed by atoms with Crippen molar-refractivity contribution in [2.75, 3.05) is 26.9 Å². The first-order chi connectivity index (χ1) is 12.2. The lowest BCUT2D eigenvalue weighted by Crippen LogP contribution is -2.39. The Morgan fingerprint density at radius 3 is 2.76 bits per heavy atom. The monoisotopic (exact) mass is 361 g/mol. The van der Waals surface area contributed by atoms with E-state index in [2.05, 4.69) is 5.32 Å². The maximum Gasteiger partial charge on any atom is 0.227 e. The van der Waals surface area contributed by atoms with Gasteiger partial charge in [0.2, 0.25) is 5.91 Å². The fraction of sp³-hybridized carbons (Fsp3) is 0.316. The van der Waals surface area contributed by atoms with Gasteiger partial charge in [-0.15, -0.1) is 0 Å². The van der Waals surface area contributed by atoms with Gasteiger partial charge in [0.25, 0.3) is 0 Å². The quantitative estimate of drug-likeness (QED) is 0.803. The molecule has 2 aromatic rings. The normalized spacial score (nSPS) is 15.7. The number of carbonyl (C=O) groups excluding carboxylic acids is 1. The zero-order chi connectivity index (χ0) is 17.6. The van der Waals surface area contributed by atoms with E-state index in [0.29, 0.717) is 31.2 Å². The van der Waals surface area contributed by atoms with Crippen LogP contribution in [0.25, 0.3) is 0 Å². The second-order valence-electron chi connectivity index (χ2n) is 5.78. The highest BCUT2D eigenvalue weighted by atomic mass is 35.5. The van der Waals surface area contributed by atoms with Gasteiger partial charge in [-0.05, 0) is 54.4 Å². The van der Waals surface area contributed by atoms with Crippen molar-refractivity contribution in [1.29, 1.82) is 0 Å². The first-order valence-corrected chi connectivity index (χ1v) is 8.49. The molecule has 1 heterocycles. The van der Waals surface area contributed by atoms with Crippen molar-refractivity contribution in [2.24, 2.45) is 5.92 Å². The fourth-order valence-electron chi connectivity index (χ4n) is 2.69. The molecule has 132 valence electrons. The van der Waals surface area contributed by atoms with E-state index in [1.807, 2.05) is 36.4 Å². The summed E-state index contributed by atoms with van der Waals surface area (Å²) in [4.78, 5) is 12.3. The van der Waals surface area contributed by atoms with E-state index in [9.17, 15) is 4.79 Å². The average molecular weight is 362 g/mol. The van der Waals surface area contributed by atoms with Crippen molar-refractivity contribution in [3.05, 3.63) is 53.1 Å². The van der Waals surface area contributed by atoms with Crippen molar-refractivity contribution in [2.45, 2.75) is 6.42 Å². The predicted octanol–water partition coefficient (Wildman–Crippen LogP) is 3.09. The van der Waals surface area contributed by atoms with E-state index in [1.165, 1.54) is 0 Å². The third-order valence-corrected chi connectivity index (χ3v) is 4.26. The van der Waals surface area contributed by atoms with Gasteiger partial charge in [-0.3, -0.25) is 4.79 Å². The Hall–Kier alpha value is -2.40. The lowest BCUT2D eigenvalue weighted by Gasteiger charge is -2.24. The molecule has 5 nitrogen and oxygen atoms in total. The summed E-state index contributed by atoms with van der Waals surface area (Å²) >= 11 is 6.00. The van der Waals surface area contributed by atoms with Crippen LogP contribution in [0, 0.1) is 5.92 Å². The van der Waals surface area contributed by atoms with Gasteiger partial charge in [0.1, 0.15) is 30.5 Å². The van der Waals surface area contributed by atoms with Crippen molar-refractivity contribution < 1.29 is 19.0 Å². The third-order valence-electron chi connectivity index (χ3n) is 4.03. The van der Waals surface area contributed by atoms with Gasteiger partial charge in [0.05, 0.1) is 19.6 Å². The molecule has 1 atom stereocenters. The van der Waals surface area contributed by atoms with Crippen molar-refractivity contribution in [3.8, 4) is 17.2 Å². The van der Waals surface area contributed by atoms with Crippen LogP contribution >= 0.6 is 11.6 Å². The first-order valence-electron chi connectivity index (χ1n) is 8.11. The minimum atomic E-state index is -0.216. The molecular formula is C19H20ClNO4. The highest BCUT2D eigenvalue weighted by Crippen LogP contribution is 2.29. The number of nitrogens with one attached hydrogen (secondary N) is 1. The predicted molar refractivity (Wildman–Crippen MR) is 95.6 cm³/mol. The number of ether oxygens (including phenoxy) is 3. The van der Waals surface area contributed by atoms with Crippen LogP contribution in [0.1, 0.15) is 5.56 Å². The zero-order valence-electron chi connectivity index (χ0n) is 14.0. The lowest BCUT2D eigenvalue weighted by molar-refractivity contribution is -0.126. The van der Waals surface area contributed by atoms with Crippen molar-refractivity contribution in [3.63, 3.8) is 0 Å². The molecule has 25 heavy (non-hydrogen) atoms. The molecule has 0 saturated heterocycles. The van der Waals surface area contributed by atoms with Crippen LogP contribution in [-0.2, 0) is 11.2 Å². The molecule has 1 amide bonds. The Morgan fingerprint density at radius 1 is 1.24 bits per heavy atom.